The summed E-state index contributed by atoms with van der Waals surface area (Å²) in [7, 11) is 0. The minimum atomic E-state index is -0.539. The summed E-state index contributed by atoms with van der Waals surface area (Å²) < 4.78 is 0. The Morgan fingerprint density at radius 1 is 1.00 bits per heavy atom. The topological polar surface area (TPSA) is 49.4 Å². The average Bonchev–Trinajstić information content (AvgIpc) is 2.75. The molecule has 4 nitrogen and oxygen atoms in total. The number of thioether (sulfide) groups is 1. The zero-order valence-electron chi connectivity index (χ0n) is 18.5. The predicted octanol–water partition coefficient (Wildman–Crippen LogP) is 6.46. The average molecular weight is 516 g/mol. The lowest BCUT2D eigenvalue weighted by atomic mass is 10.1. The zero-order chi connectivity index (χ0) is 23.7. The number of carbonyl (C=O) groups excluding carboxylic acids is 2. The predicted molar refractivity (Wildman–Crippen MR) is 137 cm³/mol. The van der Waals surface area contributed by atoms with Crippen LogP contribution in [0.1, 0.15) is 38.3 Å². The SMILES string of the molecule is CC[C@@H](C(=O)NCC(C)C)N(Cc1ccc(Cl)cc1)C(=O)CSCc1ccc(Cl)c(Cl)c1. The van der Waals surface area contributed by atoms with Crippen molar-refractivity contribution < 1.29 is 9.59 Å². The maximum Gasteiger partial charge on any atom is 0.242 e. The van der Waals surface area contributed by atoms with E-state index in [9.17, 15) is 9.59 Å². The van der Waals surface area contributed by atoms with E-state index < -0.39 is 6.04 Å². The van der Waals surface area contributed by atoms with E-state index in [-0.39, 0.29) is 17.6 Å². The number of hydrogen-bond donors (Lipinski definition) is 1. The van der Waals surface area contributed by atoms with Gasteiger partial charge in [-0.25, -0.2) is 0 Å². The van der Waals surface area contributed by atoms with Gasteiger partial charge in [0.05, 0.1) is 15.8 Å². The summed E-state index contributed by atoms with van der Waals surface area (Å²) in [6.45, 7) is 6.92. The van der Waals surface area contributed by atoms with Crippen LogP contribution in [-0.2, 0) is 21.9 Å². The van der Waals surface area contributed by atoms with E-state index in [0.717, 1.165) is 11.1 Å². The second kappa shape index (κ2) is 13.3. The van der Waals surface area contributed by atoms with Crippen LogP contribution >= 0.6 is 46.6 Å². The Morgan fingerprint density at radius 3 is 2.25 bits per heavy atom. The highest BCUT2D eigenvalue weighted by atomic mass is 35.5. The van der Waals surface area contributed by atoms with Crippen molar-refractivity contribution in [1.82, 2.24) is 10.2 Å². The Labute approximate surface area is 210 Å². The summed E-state index contributed by atoms with van der Waals surface area (Å²) in [5, 5.41) is 4.60. The molecule has 0 aliphatic rings. The molecule has 2 amide bonds. The van der Waals surface area contributed by atoms with Crippen molar-refractivity contribution in [2.45, 2.75) is 45.5 Å². The first kappa shape index (κ1) is 26.8. The summed E-state index contributed by atoms with van der Waals surface area (Å²) in [5.41, 5.74) is 1.91. The number of halogens is 3. The zero-order valence-corrected chi connectivity index (χ0v) is 21.6. The van der Waals surface area contributed by atoms with Crippen LogP contribution in [0.25, 0.3) is 0 Å². The lowest BCUT2D eigenvalue weighted by molar-refractivity contribution is -0.139. The number of carbonyl (C=O) groups is 2. The van der Waals surface area contributed by atoms with Crippen LogP contribution in [-0.4, -0.2) is 35.1 Å². The second-order valence-electron chi connectivity index (χ2n) is 7.95. The standard InChI is InChI=1S/C24H29Cl3N2O2S/c1-4-22(24(31)28-12-16(2)3)29(13-17-5-8-19(25)9-6-17)23(30)15-32-14-18-7-10-20(26)21(27)11-18/h5-11,16,22H,4,12-15H2,1-3H3,(H,28,31)/t22-/m0/s1. The molecule has 0 radical (unpaired) electrons. The van der Waals surface area contributed by atoms with Gasteiger partial charge in [0.1, 0.15) is 6.04 Å². The molecule has 2 aromatic rings. The first-order valence-corrected chi connectivity index (χ1v) is 12.8. The molecule has 0 aliphatic carbocycles. The first-order valence-electron chi connectivity index (χ1n) is 10.5. The molecule has 1 N–H and O–H groups in total. The maximum absolute atomic E-state index is 13.2. The van der Waals surface area contributed by atoms with E-state index in [1.807, 2.05) is 39.0 Å². The molecule has 0 fully saturated rings. The van der Waals surface area contributed by atoms with Crippen molar-refractivity contribution >= 4 is 58.4 Å². The lowest BCUT2D eigenvalue weighted by Crippen LogP contribution is -2.50. The van der Waals surface area contributed by atoms with Gasteiger partial charge in [0.2, 0.25) is 11.8 Å². The van der Waals surface area contributed by atoms with E-state index in [1.54, 1.807) is 29.2 Å². The van der Waals surface area contributed by atoms with Crippen LogP contribution in [0, 0.1) is 5.92 Å². The molecule has 0 spiro atoms. The van der Waals surface area contributed by atoms with E-state index in [2.05, 4.69) is 5.32 Å². The minimum absolute atomic E-state index is 0.0865. The molecule has 2 rings (SSSR count). The van der Waals surface area contributed by atoms with Gasteiger partial charge in [0.25, 0.3) is 0 Å². The van der Waals surface area contributed by atoms with Gasteiger partial charge in [-0.15, -0.1) is 11.8 Å². The van der Waals surface area contributed by atoms with Gasteiger partial charge in [0, 0.05) is 23.9 Å². The molecular formula is C24H29Cl3N2O2S. The highest BCUT2D eigenvalue weighted by Crippen LogP contribution is 2.25. The normalized spacial score (nSPS) is 12.0. The Balaban J connectivity index is 2.11. The van der Waals surface area contributed by atoms with Crippen LogP contribution in [0.4, 0.5) is 0 Å². The molecule has 8 heteroatoms. The van der Waals surface area contributed by atoms with Crippen LogP contribution in [0.5, 0.6) is 0 Å². The molecule has 0 saturated heterocycles. The van der Waals surface area contributed by atoms with E-state index >= 15 is 0 Å². The Hall–Kier alpha value is -1.40. The summed E-state index contributed by atoms with van der Waals surface area (Å²) in [4.78, 5) is 27.8. The molecule has 174 valence electrons. The Bertz CT molecular complexity index is 907. The summed E-state index contributed by atoms with van der Waals surface area (Å²) in [5.74, 6) is 0.989. The smallest absolute Gasteiger partial charge is 0.242 e. The summed E-state index contributed by atoms with van der Waals surface area (Å²) in [6, 6.07) is 12.3. The third-order valence-electron chi connectivity index (χ3n) is 4.81. The van der Waals surface area contributed by atoms with Gasteiger partial charge in [-0.1, -0.05) is 73.8 Å². The van der Waals surface area contributed by atoms with Gasteiger partial charge in [-0.05, 0) is 47.7 Å². The summed E-state index contributed by atoms with van der Waals surface area (Å²) in [6.07, 6.45) is 0.528. The molecule has 1 atom stereocenters. The highest BCUT2D eigenvalue weighted by molar-refractivity contribution is 7.99. The van der Waals surface area contributed by atoms with Crippen LogP contribution in [0.15, 0.2) is 42.5 Å². The van der Waals surface area contributed by atoms with Gasteiger partial charge in [-0.2, -0.15) is 0 Å². The molecule has 0 heterocycles. The van der Waals surface area contributed by atoms with Gasteiger partial charge in [0.15, 0.2) is 0 Å². The van der Waals surface area contributed by atoms with Crippen molar-refractivity contribution in [2.75, 3.05) is 12.3 Å². The van der Waals surface area contributed by atoms with Crippen LogP contribution in [0.3, 0.4) is 0 Å². The number of nitrogens with one attached hydrogen (secondary N) is 1. The molecule has 0 aliphatic heterocycles. The van der Waals surface area contributed by atoms with Crippen LogP contribution < -0.4 is 5.32 Å². The van der Waals surface area contributed by atoms with Crippen LogP contribution in [0.2, 0.25) is 15.1 Å². The van der Waals surface area contributed by atoms with E-state index in [4.69, 9.17) is 34.8 Å². The van der Waals surface area contributed by atoms with Crippen molar-refractivity contribution in [1.29, 1.82) is 0 Å². The fraction of sp³-hybridized carbons (Fsp3) is 0.417. The van der Waals surface area contributed by atoms with Crippen molar-refractivity contribution in [3.8, 4) is 0 Å². The summed E-state index contributed by atoms with van der Waals surface area (Å²) >= 11 is 19.5. The number of benzene rings is 2. The fourth-order valence-corrected chi connectivity index (χ4v) is 4.40. The monoisotopic (exact) mass is 514 g/mol. The molecular weight excluding hydrogens is 487 g/mol. The Kier molecular flexibility index (Phi) is 11.2. The van der Waals surface area contributed by atoms with Gasteiger partial charge >= 0.3 is 0 Å². The third-order valence-corrected chi connectivity index (χ3v) is 6.79. The fourth-order valence-electron chi connectivity index (χ4n) is 3.10. The quantitative estimate of drug-likeness (QED) is 0.373. The van der Waals surface area contributed by atoms with Gasteiger partial charge in [-0.3, -0.25) is 9.59 Å². The lowest BCUT2D eigenvalue weighted by Gasteiger charge is -2.31. The van der Waals surface area contributed by atoms with Crippen molar-refractivity contribution in [3.05, 3.63) is 68.7 Å². The molecule has 0 saturated carbocycles. The molecule has 0 unspecified atom stereocenters. The Morgan fingerprint density at radius 2 is 1.66 bits per heavy atom. The van der Waals surface area contributed by atoms with Crippen molar-refractivity contribution in [3.63, 3.8) is 0 Å². The number of nitrogens with zero attached hydrogens (tertiary/aromatic N) is 1. The maximum atomic E-state index is 13.2. The van der Waals surface area contributed by atoms with Gasteiger partial charge < -0.3 is 10.2 Å². The molecule has 32 heavy (non-hydrogen) atoms. The first-order chi connectivity index (χ1) is 15.2. The second-order valence-corrected chi connectivity index (χ2v) is 10.2. The highest BCUT2D eigenvalue weighted by Gasteiger charge is 2.28. The largest absolute Gasteiger partial charge is 0.354 e. The number of hydrogen-bond acceptors (Lipinski definition) is 3. The molecule has 0 aromatic heterocycles. The molecule has 2 aromatic carbocycles. The van der Waals surface area contributed by atoms with Crippen molar-refractivity contribution in [2.24, 2.45) is 5.92 Å². The minimum Gasteiger partial charge on any atom is -0.354 e. The van der Waals surface area contributed by atoms with E-state index in [0.29, 0.717) is 46.2 Å². The number of amides is 2. The number of rotatable bonds is 11. The third kappa shape index (κ3) is 8.51. The van der Waals surface area contributed by atoms with E-state index in [1.165, 1.54) is 11.8 Å². The molecule has 0 bridgehead atoms.